The average Bonchev–Trinajstić information content (AvgIpc) is 2.67. The number of hydrogen-bond donors (Lipinski definition) is 2. The second-order valence-electron chi connectivity index (χ2n) is 5.84. The van der Waals surface area contributed by atoms with Crippen LogP contribution in [0.1, 0.15) is 21.7 Å². The first kappa shape index (κ1) is 18.3. The predicted octanol–water partition coefficient (Wildman–Crippen LogP) is 3.61. The van der Waals surface area contributed by atoms with Gasteiger partial charge in [0.25, 0.3) is 5.91 Å². The molecule has 0 aliphatic rings. The third-order valence-corrected chi connectivity index (χ3v) is 3.82. The molecule has 0 saturated heterocycles. The van der Waals surface area contributed by atoms with Crippen molar-refractivity contribution >= 4 is 17.5 Å². The maximum Gasteiger partial charge on any atom is 0.270 e. The van der Waals surface area contributed by atoms with E-state index in [4.69, 9.17) is 4.74 Å². The minimum Gasteiger partial charge on any atom is -0.496 e. The molecule has 0 aliphatic carbocycles. The second kappa shape index (κ2) is 8.27. The van der Waals surface area contributed by atoms with Gasteiger partial charge in [0.1, 0.15) is 17.3 Å². The van der Waals surface area contributed by atoms with Crippen molar-refractivity contribution in [3.8, 4) is 5.75 Å². The van der Waals surface area contributed by atoms with Gasteiger partial charge in [0.2, 0.25) is 5.95 Å². The van der Waals surface area contributed by atoms with Crippen molar-refractivity contribution in [3.05, 3.63) is 77.4 Å². The summed E-state index contributed by atoms with van der Waals surface area (Å²) >= 11 is 0. The number of aromatic nitrogens is 2. The molecule has 0 bridgehead atoms. The molecule has 0 fully saturated rings. The van der Waals surface area contributed by atoms with Gasteiger partial charge in [-0.15, -0.1) is 0 Å². The molecule has 0 unspecified atom stereocenters. The number of aryl methyl sites for hydroxylation is 1. The number of halogens is 1. The van der Waals surface area contributed by atoms with Gasteiger partial charge in [-0.1, -0.05) is 18.2 Å². The van der Waals surface area contributed by atoms with Crippen LogP contribution in [0.25, 0.3) is 0 Å². The fourth-order valence-corrected chi connectivity index (χ4v) is 2.52. The van der Waals surface area contributed by atoms with E-state index in [9.17, 15) is 9.18 Å². The van der Waals surface area contributed by atoms with E-state index >= 15 is 0 Å². The van der Waals surface area contributed by atoms with Crippen molar-refractivity contribution in [1.82, 2.24) is 15.3 Å². The van der Waals surface area contributed by atoms with Gasteiger partial charge >= 0.3 is 0 Å². The topological polar surface area (TPSA) is 76.1 Å². The maximum atomic E-state index is 13.0. The molecule has 138 valence electrons. The summed E-state index contributed by atoms with van der Waals surface area (Å²) in [6, 6.07) is 14.9. The number of hydrogen-bond acceptors (Lipinski definition) is 5. The van der Waals surface area contributed by atoms with E-state index in [0.717, 1.165) is 5.56 Å². The number of amides is 1. The monoisotopic (exact) mass is 366 g/mol. The third-order valence-electron chi connectivity index (χ3n) is 3.82. The lowest BCUT2D eigenvalue weighted by Gasteiger charge is -2.11. The zero-order valence-electron chi connectivity index (χ0n) is 15.0. The Labute approximate surface area is 156 Å². The van der Waals surface area contributed by atoms with Crippen molar-refractivity contribution in [2.24, 2.45) is 0 Å². The van der Waals surface area contributed by atoms with Gasteiger partial charge in [-0.25, -0.2) is 14.4 Å². The number of rotatable bonds is 6. The van der Waals surface area contributed by atoms with Crippen molar-refractivity contribution in [2.45, 2.75) is 13.5 Å². The van der Waals surface area contributed by atoms with Crippen LogP contribution in [0, 0.1) is 12.7 Å². The smallest absolute Gasteiger partial charge is 0.270 e. The Hall–Kier alpha value is -3.48. The van der Waals surface area contributed by atoms with Crippen LogP contribution in [0.5, 0.6) is 5.75 Å². The molecule has 0 saturated carbocycles. The Balaban J connectivity index is 1.73. The number of anilines is 2. The highest BCUT2D eigenvalue weighted by atomic mass is 19.1. The quantitative estimate of drug-likeness (QED) is 0.697. The van der Waals surface area contributed by atoms with Crippen LogP contribution in [0.2, 0.25) is 0 Å². The van der Waals surface area contributed by atoms with Crippen LogP contribution in [0.4, 0.5) is 16.0 Å². The Kier molecular flexibility index (Phi) is 5.61. The number of carbonyl (C=O) groups is 1. The van der Waals surface area contributed by atoms with Crippen LogP contribution >= 0.6 is 0 Å². The lowest BCUT2D eigenvalue weighted by atomic mass is 10.2. The molecule has 1 amide bonds. The lowest BCUT2D eigenvalue weighted by molar-refractivity contribution is 0.0945. The van der Waals surface area contributed by atoms with Crippen molar-refractivity contribution in [3.63, 3.8) is 0 Å². The number of ether oxygens (including phenoxy) is 1. The van der Waals surface area contributed by atoms with Crippen LogP contribution in [0.15, 0.2) is 54.6 Å². The zero-order valence-corrected chi connectivity index (χ0v) is 15.0. The number of methoxy groups -OCH3 is 1. The summed E-state index contributed by atoms with van der Waals surface area (Å²) in [6.07, 6.45) is 0. The van der Waals surface area contributed by atoms with E-state index in [1.807, 2.05) is 24.3 Å². The molecule has 0 atom stereocenters. The largest absolute Gasteiger partial charge is 0.496 e. The molecule has 2 aromatic carbocycles. The molecule has 0 aliphatic heterocycles. The molecular weight excluding hydrogens is 347 g/mol. The van der Waals surface area contributed by atoms with Gasteiger partial charge in [-0.3, -0.25) is 4.79 Å². The molecule has 0 spiro atoms. The highest BCUT2D eigenvalue weighted by Crippen LogP contribution is 2.17. The van der Waals surface area contributed by atoms with Gasteiger partial charge in [0.15, 0.2) is 0 Å². The van der Waals surface area contributed by atoms with Gasteiger partial charge < -0.3 is 15.4 Å². The Bertz CT molecular complexity index is 945. The summed E-state index contributed by atoms with van der Waals surface area (Å²) < 4.78 is 18.3. The van der Waals surface area contributed by atoms with Crippen LogP contribution in [0.3, 0.4) is 0 Å². The summed E-state index contributed by atoms with van der Waals surface area (Å²) in [5.41, 5.74) is 2.37. The Morgan fingerprint density at radius 3 is 2.59 bits per heavy atom. The lowest BCUT2D eigenvalue weighted by Crippen LogP contribution is -2.24. The van der Waals surface area contributed by atoms with E-state index in [2.05, 4.69) is 20.6 Å². The highest BCUT2D eigenvalue weighted by molar-refractivity contribution is 5.92. The predicted molar refractivity (Wildman–Crippen MR) is 101 cm³/mol. The Morgan fingerprint density at radius 2 is 1.85 bits per heavy atom. The van der Waals surface area contributed by atoms with Crippen molar-refractivity contribution in [1.29, 1.82) is 0 Å². The fraction of sp³-hybridized carbons (Fsp3) is 0.150. The summed E-state index contributed by atoms with van der Waals surface area (Å²) in [4.78, 5) is 21.0. The van der Waals surface area contributed by atoms with E-state index in [1.165, 1.54) is 12.1 Å². The van der Waals surface area contributed by atoms with Crippen LogP contribution < -0.4 is 15.4 Å². The number of nitrogens with zero attached hydrogens (tertiary/aromatic N) is 2. The summed E-state index contributed by atoms with van der Waals surface area (Å²) in [5.74, 6) is 0.315. The van der Waals surface area contributed by atoms with Gasteiger partial charge in [0, 0.05) is 23.5 Å². The average molecular weight is 366 g/mol. The van der Waals surface area contributed by atoms with Crippen LogP contribution in [-0.4, -0.2) is 23.0 Å². The zero-order chi connectivity index (χ0) is 19.2. The first-order valence-corrected chi connectivity index (χ1v) is 8.33. The second-order valence-corrected chi connectivity index (χ2v) is 5.84. The van der Waals surface area contributed by atoms with Gasteiger partial charge in [-0.05, 0) is 43.3 Å². The number of para-hydroxylation sites is 1. The molecule has 3 aromatic rings. The maximum absolute atomic E-state index is 13.0. The first-order chi connectivity index (χ1) is 13.0. The van der Waals surface area contributed by atoms with Crippen molar-refractivity contribution in [2.75, 3.05) is 12.4 Å². The van der Waals surface area contributed by atoms with Gasteiger partial charge in [-0.2, -0.15) is 0 Å². The molecular formula is C20H19FN4O2. The molecule has 6 nitrogen and oxygen atoms in total. The van der Waals surface area contributed by atoms with E-state index < -0.39 is 0 Å². The normalized spacial score (nSPS) is 10.3. The molecule has 2 N–H and O–H groups in total. The van der Waals surface area contributed by atoms with E-state index in [0.29, 0.717) is 23.7 Å². The molecule has 0 radical (unpaired) electrons. The fourth-order valence-electron chi connectivity index (χ4n) is 2.52. The molecule has 3 rings (SSSR count). The summed E-state index contributed by atoms with van der Waals surface area (Å²) in [7, 11) is 1.59. The molecule has 27 heavy (non-hydrogen) atoms. The Morgan fingerprint density at radius 1 is 1.11 bits per heavy atom. The highest BCUT2D eigenvalue weighted by Gasteiger charge is 2.12. The van der Waals surface area contributed by atoms with E-state index in [-0.39, 0.29) is 23.4 Å². The molecule has 1 heterocycles. The van der Waals surface area contributed by atoms with Crippen molar-refractivity contribution < 1.29 is 13.9 Å². The summed E-state index contributed by atoms with van der Waals surface area (Å²) in [5, 5.41) is 5.80. The third kappa shape index (κ3) is 4.78. The minimum absolute atomic E-state index is 0.238. The molecule has 7 heteroatoms. The minimum atomic E-state index is -0.331. The standard InChI is InChI=1S/C20H19FN4O2/c1-13-11-17(19(26)22-12-14-5-3-4-6-18(14)27-2)25-20(23-13)24-16-9-7-15(21)8-10-16/h3-11H,12H2,1-2H3,(H,22,26)(H,23,24,25). The first-order valence-electron chi connectivity index (χ1n) is 8.33. The summed E-state index contributed by atoms with van der Waals surface area (Å²) in [6.45, 7) is 2.08. The molecule has 1 aromatic heterocycles. The van der Waals surface area contributed by atoms with E-state index in [1.54, 1.807) is 32.2 Å². The number of nitrogens with one attached hydrogen (secondary N) is 2. The number of carbonyl (C=O) groups excluding carboxylic acids is 1. The van der Waals surface area contributed by atoms with Gasteiger partial charge in [0.05, 0.1) is 7.11 Å². The van der Waals surface area contributed by atoms with Crippen LogP contribution in [-0.2, 0) is 6.54 Å². The SMILES string of the molecule is COc1ccccc1CNC(=O)c1cc(C)nc(Nc2ccc(F)cc2)n1. The number of benzene rings is 2.